The van der Waals surface area contributed by atoms with Crippen molar-refractivity contribution < 1.29 is 4.79 Å². The molecule has 1 unspecified atom stereocenters. The van der Waals surface area contributed by atoms with Crippen molar-refractivity contribution in [3.05, 3.63) is 0 Å². The molecule has 5 nitrogen and oxygen atoms in total. The van der Waals surface area contributed by atoms with Gasteiger partial charge in [0.2, 0.25) is 5.91 Å². The Bertz CT molecular complexity index is 283. The molecular weight excluding hydrogens is 240 g/mol. The second kappa shape index (κ2) is 7.22. The van der Waals surface area contributed by atoms with Crippen LogP contribution in [0.5, 0.6) is 0 Å². The molecule has 0 bridgehead atoms. The van der Waals surface area contributed by atoms with Crippen molar-refractivity contribution >= 4 is 5.91 Å². The fourth-order valence-corrected chi connectivity index (χ4v) is 3.10. The van der Waals surface area contributed by atoms with E-state index in [2.05, 4.69) is 16.7 Å². The van der Waals surface area contributed by atoms with E-state index < -0.39 is 0 Å². The molecule has 2 aliphatic rings. The fraction of sp³-hybridized carbons (Fsp3) is 0.929. The van der Waals surface area contributed by atoms with E-state index in [1.165, 1.54) is 0 Å². The zero-order valence-electron chi connectivity index (χ0n) is 12.2. The Morgan fingerprint density at radius 1 is 1.11 bits per heavy atom. The van der Waals surface area contributed by atoms with Gasteiger partial charge in [0.15, 0.2) is 0 Å². The van der Waals surface area contributed by atoms with Crippen LogP contribution < -0.4 is 5.73 Å². The summed E-state index contributed by atoms with van der Waals surface area (Å²) in [4.78, 5) is 19.1. The molecule has 0 aromatic rings. The molecule has 2 heterocycles. The zero-order valence-corrected chi connectivity index (χ0v) is 12.2. The predicted octanol–water partition coefficient (Wildman–Crippen LogP) is -0.0363. The molecule has 1 amide bonds. The molecule has 1 atom stereocenters. The van der Waals surface area contributed by atoms with Gasteiger partial charge in [-0.15, -0.1) is 0 Å². The SMILES string of the molecule is CCN1CCN(C(CN)CC(=O)N2CCCC2)CC1. The topological polar surface area (TPSA) is 52.8 Å². The van der Waals surface area contributed by atoms with Crippen molar-refractivity contribution in [2.75, 3.05) is 52.4 Å². The molecule has 0 spiro atoms. The van der Waals surface area contributed by atoms with Gasteiger partial charge in [0.25, 0.3) is 0 Å². The highest BCUT2D eigenvalue weighted by Crippen LogP contribution is 2.13. The molecule has 19 heavy (non-hydrogen) atoms. The van der Waals surface area contributed by atoms with Gasteiger partial charge >= 0.3 is 0 Å². The van der Waals surface area contributed by atoms with Crippen molar-refractivity contribution in [3.8, 4) is 0 Å². The lowest BCUT2D eigenvalue weighted by Gasteiger charge is -2.38. The Balaban J connectivity index is 1.81. The summed E-state index contributed by atoms with van der Waals surface area (Å²) in [5.41, 5.74) is 5.89. The van der Waals surface area contributed by atoms with Crippen LogP contribution in [0.25, 0.3) is 0 Å². The predicted molar refractivity (Wildman–Crippen MR) is 77.0 cm³/mol. The molecule has 110 valence electrons. The smallest absolute Gasteiger partial charge is 0.224 e. The van der Waals surface area contributed by atoms with Crippen molar-refractivity contribution in [3.63, 3.8) is 0 Å². The van der Waals surface area contributed by atoms with Crippen LogP contribution in [0.1, 0.15) is 26.2 Å². The van der Waals surface area contributed by atoms with E-state index in [4.69, 9.17) is 5.73 Å². The van der Waals surface area contributed by atoms with Crippen LogP contribution in [-0.2, 0) is 4.79 Å². The van der Waals surface area contributed by atoms with Crippen LogP contribution in [0, 0.1) is 0 Å². The molecule has 5 heteroatoms. The van der Waals surface area contributed by atoms with Gasteiger partial charge in [0.1, 0.15) is 0 Å². The lowest BCUT2D eigenvalue weighted by atomic mass is 10.1. The van der Waals surface area contributed by atoms with Gasteiger partial charge in [-0.3, -0.25) is 9.69 Å². The summed E-state index contributed by atoms with van der Waals surface area (Å²) in [7, 11) is 0. The van der Waals surface area contributed by atoms with E-state index >= 15 is 0 Å². The summed E-state index contributed by atoms with van der Waals surface area (Å²) in [5, 5.41) is 0. The maximum absolute atomic E-state index is 12.2. The second-order valence-electron chi connectivity index (χ2n) is 5.65. The minimum atomic E-state index is 0.229. The van der Waals surface area contributed by atoms with Gasteiger partial charge in [0.05, 0.1) is 0 Å². The summed E-state index contributed by atoms with van der Waals surface area (Å²) < 4.78 is 0. The van der Waals surface area contributed by atoms with E-state index in [9.17, 15) is 4.79 Å². The van der Waals surface area contributed by atoms with Crippen molar-refractivity contribution in [1.29, 1.82) is 0 Å². The average Bonchev–Trinajstić information content (AvgIpc) is 2.99. The van der Waals surface area contributed by atoms with E-state index in [-0.39, 0.29) is 6.04 Å². The van der Waals surface area contributed by atoms with Crippen LogP contribution >= 0.6 is 0 Å². The number of rotatable bonds is 5. The maximum Gasteiger partial charge on any atom is 0.224 e. The molecule has 2 saturated heterocycles. The zero-order chi connectivity index (χ0) is 13.7. The molecule has 0 aliphatic carbocycles. The lowest BCUT2D eigenvalue weighted by molar-refractivity contribution is -0.131. The van der Waals surface area contributed by atoms with E-state index in [1.807, 2.05) is 4.90 Å². The molecule has 2 N–H and O–H groups in total. The number of piperazine rings is 1. The fourth-order valence-electron chi connectivity index (χ4n) is 3.10. The quantitative estimate of drug-likeness (QED) is 0.760. The van der Waals surface area contributed by atoms with E-state index in [1.54, 1.807) is 0 Å². The lowest BCUT2D eigenvalue weighted by Crippen LogP contribution is -2.53. The van der Waals surface area contributed by atoms with Crippen LogP contribution in [0.3, 0.4) is 0 Å². The third kappa shape index (κ3) is 3.91. The molecule has 2 aliphatic heterocycles. The van der Waals surface area contributed by atoms with Gasteiger partial charge in [-0.2, -0.15) is 0 Å². The van der Waals surface area contributed by atoms with Crippen molar-refractivity contribution in [2.45, 2.75) is 32.2 Å². The minimum absolute atomic E-state index is 0.229. The first-order valence-electron chi connectivity index (χ1n) is 7.68. The normalized spacial score (nSPS) is 23.8. The highest BCUT2D eigenvalue weighted by molar-refractivity contribution is 5.77. The van der Waals surface area contributed by atoms with Gasteiger partial charge in [-0.05, 0) is 19.4 Å². The molecule has 0 radical (unpaired) electrons. The largest absolute Gasteiger partial charge is 0.343 e. The molecule has 0 saturated carbocycles. The summed E-state index contributed by atoms with van der Waals surface area (Å²) >= 11 is 0. The number of amides is 1. The molecule has 2 rings (SSSR count). The molecule has 2 fully saturated rings. The van der Waals surface area contributed by atoms with Crippen LogP contribution in [0.4, 0.5) is 0 Å². The number of likely N-dealkylation sites (N-methyl/N-ethyl adjacent to an activating group) is 1. The Hall–Kier alpha value is -0.650. The standard InChI is InChI=1S/C14H28N4O/c1-2-16-7-9-17(10-8-16)13(12-15)11-14(19)18-5-3-4-6-18/h13H,2-12,15H2,1H3. The molecule has 0 aromatic carbocycles. The van der Waals surface area contributed by atoms with Gasteiger partial charge in [-0.25, -0.2) is 0 Å². The Morgan fingerprint density at radius 3 is 2.26 bits per heavy atom. The summed E-state index contributed by atoms with van der Waals surface area (Å²) in [5.74, 6) is 0.297. The van der Waals surface area contributed by atoms with E-state index in [0.717, 1.165) is 58.7 Å². The maximum atomic E-state index is 12.2. The second-order valence-corrected chi connectivity index (χ2v) is 5.65. The Kier molecular flexibility index (Phi) is 5.60. The van der Waals surface area contributed by atoms with Crippen molar-refractivity contribution in [2.24, 2.45) is 5.73 Å². The minimum Gasteiger partial charge on any atom is -0.343 e. The number of carbonyl (C=O) groups is 1. The first-order valence-corrected chi connectivity index (χ1v) is 7.68. The van der Waals surface area contributed by atoms with Gasteiger partial charge in [0, 0.05) is 58.3 Å². The first-order chi connectivity index (χ1) is 9.24. The summed E-state index contributed by atoms with van der Waals surface area (Å²) in [6, 6.07) is 0.229. The average molecular weight is 268 g/mol. The Morgan fingerprint density at radius 2 is 1.74 bits per heavy atom. The van der Waals surface area contributed by atoms with Crippen LogP contribution in [-0.4, -0.2) is 79.0 Å². The number of nitrogens with zero attached hydrogens (tertiary/aromatic N) is 3. The number of likely N-dealkylation sites (tertiary alicyclic amines) is 1. The highest BCUT2D eigenvalue weighted by atomic mass is 16.2. The number of hydrogen-bond donors (Lipinski definition) is 1. The summed E-state index contributed by atoms with van der Waals surface area (Å²) in [6.45, 7) is 10.1. The number of carbonyl (C=O) groups excluding carboxylic acids is 1. The van der Waals surface area contributed by atoms with Crippen LogP contribution in [0.2, 0.25) is 0 Å². The first kappa shape index (κ1) is 14.8. The monoisotopic (exact) mass is 268 g/mol. The van der Waals surface area contributed by atoms with Gasteiger partial charge < -0.3 is 15.5 Å². The van der Waals surface area contributed by atoms with Gasteiger partial charge in [-0.1, -0.05) is 6.92 Å². The van der Waals surface area contributed by atoms with E-state index in [0.29, 0.717) is 18.9 Å². The van der Waals surface area contributed by atoms with Crippen molar-refractivity contribution in [1.82, 2.24) is 14.7 Å². The summed E-state index contributed by atoms with van der Waals surface area (Å²) in [6.07, 6.45) is 2.92. The Labute approximate surface area is 116 Å². The molecular formula is C14H28N4O. The molecule has 0 aromatic heterocycles. The number of hydrogen-bond acceptors (Lipinski definition) is 4. The third-order valence-corrected chi connectivity index (χ3v) is 4.51. The van der Waals surface area contributed by atoms with Crippen LogP contribution in [0.15, 0.2) is 0 Å². The third-order valence-electron chi connectivity index (χ3n) is 4.51. The highest BCUT2D eigenvalue weighted by Gasteiger charge is 2.27. The number of nitrogens with two attached hydrogens (primary N) is 1.